The van der Waals surface area contributed by atoms with Crippen LogP contribution in [-0.2, 0) is 11.2 Å². The summed E-state index contributed by atoms with van der Waals surface area (Å²) in [5.74, 6) is 0.318. The SMILES string of the molecule is CC(C)C(=O)N1CC2(CN(CCc3ccccc3)CC3CC(O)CN32)C1. The molecule has 2 unspecified atom stereocenters. The molecule has 0 aromatic heterocycles. The minimum absolute atomic E-state index is 0.0433. The van der Waals surface area contributed by atoms with Crippen molar-refractivity contribution in [2.45, 2.75) is 44.4 Å². The zero-order valence-electron chi connectivity index (χ0n) is 16.0. The second-order valence-electron chi connectivity index (χ2n) is 8.74. The number of likely N-dealkylation sites (tertiary alicyclic amines) is 1. The van der Waals surface area contributed by atoms with Gasteiger partial charge in [0.05, 0.1) is 11.6 Å². The predicted octanol–water partition coefficient (Wildman–Crippen LogP) is 1.22. The fourth-order valence-electron chi connectivity index (χ4n) is 5.08. The number of carbonyl (C=O) groups is 1. The molecule has 4 rings (SSSR count). The van der Waals surface area contributed by atoms with Gasteiger partial charge in [-0.1, -0.05) is 44.2 Å². The highest BCUT2D eigenvalue weighted by Crippen LogP contribution is 2.39. The van der Waals surface area contributed by atoms with Crippen LogP contribution in [0.5, 0.6) is 0 Å². The molecule has 3 fully saturated rings. The molecule has 1 N–H and O–H groups in total. The van der Waals surface area contributed by atoms with E-state index in [4.69, 9.17) is 0 Å². The Morgan fingerprint density at radius 2 is 1.92 bits per heavy atom. The summed E-state index contributed by atoms with van der Waals surface area (Å²) in [6, 6.07) is 11.1. The topological polar surface area (TPSA) is 47.0 Å². The maximum atomic E-state index is 12.3. The molecule has 1 amide bonds. The molecule has 0 saturated carbocycles. The van der Waals surface area contributed by atoms with Crippen LogP contribution < -0.4 is 0 Å². The molecule has 3 aliphatic rings. The number of hydrogen-bond donors (Lipinski definition) is 1. The van der Waals surface area contributed by atoms with Gasteiger partial charge in [0.15, 0.2) is 0 Å². The van der Waals surface area contributed by atoms with Gasteiger partial charge in [0, 0.05) is 51.2 Å². The number of rotatable bonds is 4. The van der Waals surface area contributed by atoms with E-state index in [-0.39, 0.29) is 23.5 Å². The second kappa shape index (κ2) is 6.95. The van der Waals surface area contributed by atoms with E-state index in [1.165, 1.54) is 5.56 Å². The summed E-state index contributed by atoms with van der Waals surface area (Å²) in [5, 5.41) is 10.2. The summed E-state index contributed by atoms with van der Waals surface area (Å²) in [6.07, 6.45) is 1.70. The van der Waals surface area contributed by atoms with Crippen LogP contribution in [0.4, 0.5) is 0 Å². The molecular formula is C21H31N3O2. The van der Waals surface area contributed by atoms with Crippen LogP contribution in [0, 0.1) is 5.92 Å². The van der Waals surface area contributed by atoms with Crippen molar-refractivity contribution in [3.8, 4) is 0 Å². The number of piperazine rings is 1. The van der Waals surface area contributed by atoms with E-state index >= 15 is 0 Å². The number of benzene rings is 1. The first-order valence-corrected chi connectivity index (χ1v) is 9.97. The van der Waals surface area contributed by atoms with Gasteiger partial charge in [-0.3, -0.25) is 14.6 Å². The maximum Gasteiger partial charge on any atom is 0.225 e. The van der Waals surface area contributed by atoms with E-state index in [9.17, 15) is 9.90 Å². The molecule has 1 aromatic rings. The highest BCUT2D eigenvalue weighted by molar-refractivity contribution is 5.79. The fraction of sp³-hybridized carbons (Fsp3) is 0.667. The molecule has 26 heavy (non-hydrogen) atoms. The minimum atomic E-state index is -0.221. The van der Waals surface area contributed by atoms with Crippen molar-refractivity contribution in [1.29, 1.82) is 0 Å². The lowest BCUT2D eigenvalue weighted by Crippen LogP contribution is -2.79. The van der Waals surface area contributed by atoms with Crippen molar-refractivity contribution >= 4 is 5.91 Å². The Labute approximate surface area is 156 Å². The van der Waals surface area contributed by atoms with Gasteiger partial charge in [0.25, 0.3) is 0 Å². The zero-order valence-corrected chi connectivity index (χ0v) is 16.0. The quantitative estimate of drug-likeness (QED) is 0.880. The van der Waals surface area contributed by atoms with Crippen LogP contribution >= 0.6 is 0 Å². The number of carbonyl (C=O) groups excluding carboxylic acids is 1. The zero-order chi connectivity index (χ0) is 18.3. The van der Waals surface area contributed by atoms with Crippen molar-refractivity contribution in [2.75, 3.05) is 39.3 Å². The van der Waals surface area contributed by atoms with Crippen molar-refractivity contribution in [3.05, 3.63) is 35.9 Å². The second-order valence-corrected chi connectivity index (χ2v) is 8.74. The van der Waals surface area contributed by atoms with Gasteiger partial charge in [-0.05, 0) is 18.4 Å². The van der Waals surface area contributed by atoms with Crippen LogP contribution in [0.3, 0.4) is 0 Å². The first-order valence-electron chi connectivity index (χ1n) is 9.97. The molecule has 0 radical (unpaired) electrons. The van der Waals surface area contributed by atoms with Gasteiger partial charge in [-0.25, -0.2) is 0 Å². The monoisotopic (exact) mass is 357 g/mol. The number of fused-ring (bicyclic) bond motifs is 2. The summed E-state index contributed by atoms with van der Waals surface area (Å²) >= 11 is 0. The summed E-state index contributed by atoms with van der Waals surface area (Å²) in [4.78, 5) is 19.4. The number of amides is 1. The molecule has 0 bridgehead atoms. The fourth-order valence-corrected chi connectivity index (χ4v) is 5.08. The third kappa shape index (κ3) is 3.28. The first kappa shape index (κ1) is 18.0. The predicted molar refractivity (Wildman–Crippen MR) is 102 cm³/mol. The van der Waals surface area contributed by atoms with E-state index < -0.39 is 0 Å². The molecule has 0 aliphatic carbocycles. The number of hydrogen-bond acceptors (Lipinski definition) is 4. The Morgan fingerprint density at radius 1 is 1.19 bits per heavy atom. The molecule has 1 spiro atoms. The van der Waals surface area contributed by atoms with Crippen LogP contribution in [0.1, 0.15) is 25.8 Å². The van der Waals surface area contributed by atoms with E-state index in [1.54, 1.807) is 0 Å². The van der Waals surface area contributed by atoms with Gasteiger partial charge in [0.1, 0.15) is 0 Å². The summed E-state index contributed by atoms with van der Waals surface area (Å²) in [6.45, 7) is 9.43. The molecule has 1 aromatic carbocycles. The number of β-amino-alcohol motifs (C(OH)–C–C–N with tert-alkyl or cyclic N) is 1. The summed E-state index contributed by atoms with van der Waals surface area (Å²) in [5.41, 5.74) is 1.42. The van der Waals surface area contributed by atoms with Gasteiger partial charge in [-0.2, -0.15) is 0 Å². The molecule has 3 aliphatic heterocycles. The smallest absolute Gasteiger partial charge is 0.225 e. The van der Waals surface area contributed by atoms with Crippen molar-refractivity contribution in [3.63, 3.8) is 0 Å². The van der Waals surface area contributed by atoms with E-state index in [0.29, 0.717) is 6.04 Å². The lowest BCUT2D eigenvalue weighted by atomic mass is 9.83. The van der Waals surface area contributed by atoms with E-state index in [0.717, 1.165) is 52.1 Å². The van der Waals surface area contributed by atoms with Gasteiger partial charge >= 0.3 is 0 Å². The highest BCUT2D eigenvalue weighted by atomic mass is 16.3. The Balaban J connectivity index is 1.44. The molecular weight excluding hydrogens is 326 g/mol. The molecule has 142 valence electrons. The minimum Gasteiger partial charge on any atom is -0.392 e. The average molecular weight is 357 g/mol. The Bertz CT molecular complexity index is 642. The summed E-state index contributed by atoms with van der Waals surface area (Å²) in [7, 11) is 0. The molecule has 3 heterocycles. The Morgan fingerprint density at radius 3 is 2.62 bits per heavy atom. The van der Waals surface area contributed by atoms with Crippen LogP contribution in [0.2, 0.25) is 0 Å². The van der Waals surface area contributed by atoms with Gasteiger partial charge < -0.3 is 10.0 Å². The van der Waals surface area contributed by atoms with Gasteiger partial charge in [0.2, 0.25) is 5.91 Å². The molecule has 5 nitrogen and oxygen atoms in total. The van der Waals surface area contributed by atoms with Crippen LogP contribution in [0.15, 0.2) is 30.3 Å². The van der Waals surface area contributed by atoms with Crippen molar-refractivity contribution in [2.24, 2.45) is 5.92 Å². The first-order chi connectivity index (χ1) is 12.5. The average Bonchev–Trinajstić information content (AvgIpc) is 2.98. The third-order valence-corrected chi connectivity index (χ3v) is 6.32. The lowest BCUT2D eigenvalue weighted by molar-refractivity contribution is -0.159. The van der Waals surface area contributed by atoms with Crippen molar-refractivity contribution in [1.82, 2.24) is 14.7 Å². The Kier molecular flexibility index (Phi) is 4.80. The third-order valence-electron chi connectivity index (χ3n) is 6.32. The van der Waals surface area contributed by atoms with E-state index in [2.05, 4.69) is 40.1 Å². The summed E-state index contributed by atoms with van der Waals surface area (Å²) < 4.78 is 0. The normalized spacial score (nSPS) is 28.4. The highest BCUT2D eigenvalue weighted by Gasteiger charge is 2.56. The van der Waals surface area contributed by atoms with Crippen LogP contribution in [0.25, 0.3) is 0 Å². The Hall–Kier alpha value is -1.43. The molecule has 5 heteroatoms. The molecule has 2 atom stereocenters. The molecule has 3 saturated heterocycles. The van der Waals surface area contributed by atoms with Gasteiger partial charge in [-0.15, -0.1) is 0 Å². The maximum absolute atomic E-state index is 12.3. The number of nitrogens with zero attached hydrogens (tertiary/aromatic N) is 3. The van der Waals surface area contributed by atoms with Crippen molar-refractivity contribution < 1.29 is 9.90 Å². The standard InChI is InChI=1S/C21H31N3O2/c1-16(2)20(26)23-14-21(15-23)13-22(9-8-17-6-4-3-5-7-17)11-18-10-19(25)12-24(18)21/h3-7,16,18-19,25H,8-15H2,1-2H3. The number of aliphatic hydroxyl groups excluding tert-OH is 1. The lowest BCUT2D eigenvalue weighted by Gasteiger charge is -2.61. The number of aliphatic hydroxyl groups is 1. The van der Waals surface area contributed by atoms with E-state index in [1.807, 2.05) is 18.7 Å². The largest absolute Gasteiger partial charge is 0.392 e. The van der Waals surface area contributed by atoms with Crippen LogP contribution in [-0.4, -0.2) is 82.7 Å².